The van der Waals surface area contributed by atoms with E-state index in [4.69, 9.17) is 32.7 Å². The Kier molecular flexibility index (Phi) is 6.33. The number of ether oxygens (including phenoxy) is 2. The van der Waals surface area contributed by atoms with Crippen LogP contribution >= 0.6 is 23.2 Å². The number of ketones is 3. The van der Waals surface area contributed by atoms with E-state index >= 15 is 0 Å². The summed E-state index contributed by atoms with van der Waals surface area (Å²) in [5.74, 6) is -2.37. The third-order valence-electron chi connectivity index (χ3n) is 4.75. The van der Waals surface area contributed by atoms with Crippen molar-refractivity contribution in [3.05, 3.63) is 27.7 Å². The standard InChI is InChI=1S/C19H20Cl2O5/c20-13-8-7-12(18(24)16-14(22)5-3-6-15(16)23)17(21)19(13)26-10-11-4-1-2-9-25-11/h7-8,11,16H,1-6,9-10H2. The average Bonchev–Trinajstić information content (AvgIpc) is 2.62. The number of carbonyl (C=O) groups excluding carboxylic acids is 3. The molecule has 3 rings (SSSR count). The average molecular weight is 399 g/mol. The molecule has 7 heteroatoms. The summed E-state index contributed by atoms with van der Waals surface area (Å²) in [5.41, 5.74) is 0.0872. The zero-order chi connectivity index (χ0) is 18.7. The van der Waals surface area contributed by atoms with Crippen LogP contribution in [0.4, 0.5) is 0 Å². The summed E-state index contributed by atoms with van der Waals surface area (Å²) in [7, 11) is 0. The molecule has 2 aliphatic rings. The normalized spacial score (nSPS) is 21.7. The van der Waals surface area contributed by atoms with E-state index in [2.05, 4.69) is 0 Å². The molecule has 140 valence electrons. The van der Waals surface area contributed by atoms with Gasteiger partial charge in [-0.3, -0.25) is 14.4 Å². The molecule has 1 heterocycles. The summed E-state index contributed by atoms with van der Waals surface area (Å²) in [6, 6.07) is 2.93. The lowest BCUT2D eigenvalue weighted by molar-refractivity contribution is -0.133. The first kappa shape index (κ1) is 19.3. The maximum Gasteiger partial charge on any atom is 0.182 e. The summed E-state index contributed by atoms with van der Waals surface area (Å²) < 4.78 is 11.3. The summed E-state index contributed by atoms with van der Waals surface area (Å²) in [6.45, 7) is 0.971. The third kappa shape index (κ3) is 4.11. The lowest BCUT2D eigenvalue weighted by atomic mass is 9.81. The molecule has 0 aromatic heterocycles. The number of carbonyl (C=O) groups is 3. The van der Waals surface area contributed by atoms with Crippen LogP contribution in [0.5, 0.6) is 5.75 Å². The Morgan fingerprint density at radius 1 is 1.12 bits per heavy atom. The van der Waals surface area contributed by atoms with Crippen LogP contribution in [-0.4, -0.2) is 36.7 Å². The molecule has 0 N–H and O–H groups in total. The van der Waals surface area contributed by atoms with E-state index in [-0.39, 0.29) is 58.5 Å². The second-order valence-corrected chi connectivity index (χ2v) is 7.41. The summed E-state index contributed by atoms with van der Waals surface area (Å²) in [6.07, 6.45) is 3.90. The zero-order valence-corrected chi connectivity index (χ0v) is 15.8. The van der Waals surface area contributed by atoms with Gasteiger partial charge in [0.25, 0.3) is 0 Å². The maximum atomic E-state index is 12.8. The summed E-state index contributed by atoms with van der Waals surface area (Å²) in [4.78, 5) is 36.9. The van der Waals surface area contributed by atoms with Gasteiger partial charge in [0.15, 0.2) is 23.1 Å². The van der Waals surface area contributed by atoms with E-state index in [1.165, 1.54) is 12.1 Å². The number of rotatable bonds is 5. The van der Waals surface area contributed by atoms with Crippen molar-refractivity contribution in [2.75, 3.05) is 13.2 Å². The van der Waals surface area contributed by atoms with Gasteiger partial charge in [-0.15, -0.1) is 0 Å². The first-order valence-electron chi connectivity index (χ1n) is 8.81. The van der Waals surface area contributed by atoms with E-state index in [1.54, 1.807) is 0 Å². The van der Waals surface area contributed by atoms with Gasteiger partial charge in [0, 0.05) is 25.0 Å². The summed E-state index contributed by atoms with van der Waals surface area (Å²) in [5, 5.41) is 0.299. The molecule has 1 unspecified atom stereocenters. The minimum absolute atomic E-state index is 0.0319. The van der Waals surface area contributed by atoms with Crippen LogP contribution in [-0.2, 0) is 14.3 Å². The fourth-order valence-electron chi connectivity index (χ4n) is 3.32. The molecule has 1 atom stereocenters. The molecule has 1 aliphatic heterocycles. The molecular formula is C19H20Cl2O5. The van der Waals surface area contributed by atoms with Crippen molar-refractivity contribution in [1.29, 1.82) is 0 Å². The first-order valence-corrected chi connectivity index (χ1v) is 9.56. The van der Waals surface area contributed by atoms with Crippen molar-refractivity contribution in [3.8, 4) is 5.75 Å². The van der Waals surface area contributed by atoms with E-state index in [0.29, 0.717) is 13.0 Å². The van der Waals surface area contributed by atoms with Gasteiger partial charge in [0.05, 0.1) is 16.1 Å². The number of hydrogen-bond donors (Lipinski definition) is 0. The van der Waals surface area contributed by atoms with Crippen molar-refractivity contribution >= 4 is 40.6 Å². The Balaban J connectivity index is 1.80. The predicted molar refractivity (Wildman–Crippen MR) is 97.2 cm³/mol. The number of Topliss-reactive ketones (excluding diaryl/α,β-unsaturated/α-hetero) is 3. The van der Waals surface area contributed by atoms with Gasteiger partial charge in [0.2, 0.25) is 0 Å². The minimum Gasteiger partial charge on any atom is -0.488 e. The van der Waals surface area contributed by atoms with Gasteiger partial charge in [-0.1, -0.05) is 23.2 Å². The van der Waals surface area contributed by atoms with Crippen LogP contribution in [0.1, 0.15) is 48.9 Å². The monoisotopic (exact) mass is 398 g/mol. The molecule has 26 heavy (non-hydrogen) atoms. The van der Waals surface area contributed by atoms with Crippen LogP contribution in [0.2, 0.25) is 10.0 Å². The Morgan fingerprint density at radius 2 is 1.85 bits per heavy atom. The molecular weight excluding hydrogens is 379 g/mol. The van der Waals surface area contributed by atoms with Crippen molar-refractivity contribution < 1.29 is 23.9 Å². The molecule has 1 aromatic carbocycles. The summed E-state index contributed by atoms with van der Waals surface area (Å²) >= 11 is 12.5. The Labute approximate surface area is 161 Å². The second kappa shape index (κ2) is 8.51. The van der Waals surface area contributed by atoms with Crippen LogP contribution in [0.25, 0.3) is 0 Å². The van der Waals surface area contributed by atoms with Crippen LogP contribution in [0.3, 0.4) is 0 Å². The zero-order valence-electron chi connectivity index (χ0n) is 14.3. The Hall–Kier alpha value is -1.43. The molecule has 1 aromatic rings. The second-order valence-electron chi connectivity index (χ2n) is 6.62. The third-order valence-corrected chi connectivity index (χ3v) is 5.43. The van der Waals surface area contributed by atoms with Crippen molar-refractivity contribution in [2.24, 2.45) is 5.92 Å². The van der Waals surface area contributed by atoms with Crippen LogP contribution in [0, 0.1) is 5.92 Å². The van der Waals surface area contributed by atoms with Crippen LogP contribution in [0.15, 0.2) is 12.1 Å². The largest absolute Gasteiger partial charge is 0.488 e. The van der Waals surface area contributed by atoms with E-state index in [1.807, 2.05) is 0 Å². The van der Waals surface area contributed by atoms with Crippen molar-refractivity contribution in [3.63, 3.8) is 0 Å². The van der Waals surface area contributed by atoms with Gasteiger partial charge in [-0.05, 0) is 37.8 Å². The van der Waals surface area contributed by atoms with Gasteiger partial charge in [-0.2, -0.15) is 0 Å². The molecule has 1 saturated heterocycles. The topological polar surface area (TPSA) is 69.7 Å². The molecule has 0 bridgehead atoms. The van der Waals surface area contributed by atoms with Gasteiger partial charge in [0.1, 0.15) is 12.5 Å². The van der Waals surface area contributed by atoms with E-state index in [9.17, 15) is 14.4 Å². The van der Waals surface area contributed by atoms with Crippen LogP contribution < -0.4 is 4.74 Å². The fourth-order valence-corrected chi connectivity index (χ4v) is 3.90. The lowest BCUT2D eigenvalue weighted by Crippen LogP contribution is -2.35. The van der Waals surface area contributed by atoms with Gasteiger partial charge < -0.3 is 9.47 Å². The lowest BCUT2D eigenvalue weighted by Gasteiger charge is -2.24. The molecule has 5 nitrogen and oxygen atoms in total. The highest BCUT2D eigenvalue weighted by Gasteiger charge is 2.37. The quantitative estimate of drug-likeness (QED) is 0.552. The molecule has 0 amide bonds. The SMILES string of the molecule is O=C1CCCC(=O)C1C(=O)c1ccc(Cl)c(OCC2CCCCO2)c1Cl. The number of hydrogen-bond acceptors (Lipinski definition) is 5. The maximum absolute atomic E-state index is 12.8. The number of halogens is 2. The van der Waals surface area contributed by atoms with Gasteiger partial charge in [-0.25, -0.2) is 0 Å². The first-order chi connectivity index (χ1) is 12.5. The highest BCUT2D eigenvalue weighted by atomic mass is 35.5. The molecule has 2 fully saturated rings. The predicted octanol–water partition coefficient (Wildman–Crippen LogP) is 4.06. The molecule has 0 spiro atoms. The minimum atomic E-state index is -1.27. The molecule has 0 radical (unpaired) electrons. The Bertz CT molecular complexity index is 709. The number of benzene rings is 1. The highest BCUT2D eigenvalue weighted by Crippen LogP contribution is 2.37. The smallest absolute Gasteiger partial charge is 0.182 e. The fraction of sp³-hybridized carbons (Fsp3) is 0.526. The highest BCUT2D eigenvalue weighted by molar-refractivity contribution is 6.40. The van der Waals surface area contributed by atoms with E-state index < -0.39 is 11.7 Å². The van der Waals surface area contributed by atoms with Crippen molar-refractivity contribution in [2.45, 2.75) is 44.6 Å². The molecule has 1 aliphatic carbocycles. The Morgan fingerprint density at radius 3 is 2.50 bits per heavy atom. The van der Waals surface area contributed by atoms with E-state index in [0.717, 1.165) is 19.3 Å². The molecule has 1 saturated carbocycles. The van der Waals surface area contributed by atoms with Gasteiger partial charge >= 0.3 is 0 Å². The van der Waals surface area contributed by atoms with Crippen molar-refractivity contribution in [1.82, 2.24) is 0 Å².